The SMILES string of the molecule is COC[C@H](C)N1CCN(c2nc(C(C)C)ns2)CC1. The third-order valence-corrected chi connectivity index (χ3v) is 4.35. The van der Waals surface area contributed by atoms with Gasteiger partial charge in [0.1, 0.15) is 5.82 Å². The molecule has 2 heterocycles. The van der Waals surface area contributed by atoms with Gasteiger partial charge in [-0.15, -0.1) is 0 Å². The topological polar surface area (TPSA) is 41.5 Å². The van der Waals surface area contributed by atoms with Crippen molar-refractivity contribution in [2.75, 3.05) is 44.8 Å². The first-order valence-electron chi connectivity index (χ1n) is 6.93. The Kier molecular flexibility index (Phi) is 5.13. The molecule has 0 radical (unpaired) electrons. The number of aromatic nitrogens is 2. The number of piperazine rings is 1. The number of nitrogens with zero attached hydrogens (tertiary/aromatic N) is 4. The van der Waals surface area contributed by atoms with E-state index in [0.717, 1.165) is 43.7 Å². The maximum Gasteiger partial charge on any atom is 0.205 e. The second-order valence-electron chi connectivity index (χ2n) is 5.42. The molecule has 1 aromatic rings. The fourth-order valence-corrected chi connectivity index (χ4v) is 3.15. The number of hydrogen-bond acceptors (Lipinski definition) is 6. The number of rotatable bonds is 5. The smallest absolute Gasteiger partial charge is 0.205 e. The summed E-state index contributed by atoms with van der Waals surface area (Å²) in [7, 11) is 1.77. The predicted molar refractivity (Wildman–Crippen MR) is 79.1 cm³/mol. The van der Waals surface area contributed by atoms with E-state index in [1.54, 1.807) is 7.11 Å². The van der Waals surface area contributed by atoms with Gasteiger partial charge in [0.2, 0.25) is 5.13 Å². The van der Waals surface area contributed by atoms with Crippen LogP contribution in [0.4, 0.5) is 5.13 Å². The van der Waals surface area contributed by atoms with Crippen molar-refractivity contribution in [3.63, 3.8) is 0 Å². The van der Waals surface area contributed by atoms with E-state index in [-0.39, 0.29) is 0 Å². The third kappa shape index (κ3) is 3.64. The first kappa shape index (κ1) is 14.7. The highest BCUT2D eigenvalue weighted by Gasteiger charge is 2.23. The average Bonchev–Trinajstić information content (AvgIpc) is 2.89. The van der Waals surface area contributed by atoms with E-state index in [9.17, 15) is 0 Å². The third-order valence-electron chi connectivity index (χ3n) is 3.56. The molecule has 1 fully saturated rings. The summed E-state index contributed by atoms with van der Waals surface area (Å²) >= 11 is 1.53. The van der Waals surface area contributed by atoms with Crippen LogP contribution in [0.5, 0.6) is 0 Å². The molecule has 0 amide bonds. The molecule has 1 aliphatic heterocycles. The van der Waals surface area contributed by atoms with Gasteiger partial charge in [0.25, 0.3) is 0 Å². The van der Waals surface area contributed by atoms with Gasteiger partial charge in [0.15, 0.2) is 0 Å². The van der Waals surface area contributed by atoms with Crippen molar-refractivity contribution in [3.05, 3.63) is 5.82 Å². The molecule has 0 spiro atoms. The van der Waals surface area contributed by atoms with Gasteiger partial charge in [-0.3, -0.25) is 4.90 Å². The Morgan fingerprint density at radius 2 is 1.89 bits per heavy atom. The van der Waals surface area contributed by atoms with Gasteiger partial charge < -0.3 is 9.64 Å². The van der Waals surface area contributed by atoms with Crippen LogP contribution in [0.25, 0.3) is 0 Å². The molecule has 1 aromatic heterocycles. The van der Waals surface area contributed by atoms with Crippen LogP contribution in [0.3, 0.4) is 0 Å². The monoisotopic (exact) mass is 284 g/mol. The highest BCUT2D eigenvalue weighted by atomic mass is 32.1. The first-order chi connectivity index (χ1) is 9.11. The van der Waals surface area contributed by atoms with Crippen LogP contribution in [-0.4, -0.2) is 60.2 Å². The van der Waals surface area contributed by atoms with Gasteiger partial charge >= 0.3 is 0 Å². The van der Waals surface area contributed by atoms with Crippen LogP contribution in [0, 0.1) is 0 Å². The Morgan fingerprint density at radius 3 is 2.42 bits per heavy atom. The molecule has 108 valence electrons. The minimum atomic E-state index is 0.410. The van der Waals surface area contributed by atoms with Crippen molar-refractivity contribution >= 4 is 16.7 Å². The zero-order chi connectivity index (χ0) is 13.8. The van der Waals surface area contributed by atoms with E-state index in [1.807, 2.05) is 0 Å². The van der Waals surface area contributed by atoms with Crippen molar-refractivity contribution in [3.8, 4) is 0 Å². The molecule has 0 bridgehead atoms. The summed E-state index contributed by atoms with van der Waals surface area (Å²) in [6, 6.07) is 0.493. The van der Waals surface area contributed by atoms with Gasteiger partial charge in [-0.1, -0.05) is 13.8 Å². The molecule has 0 aliphatic carbocycles. The van der Waals surface area contributed by atoms with Crippen molar-refractivity contribution in [2.45, 2.75) is 32.7 Å². The summed E-state index contributed by atoms with van der Waals surface area (Å²) in [5, 5.41) is 1.07. The van der Waals surface area contributed by atoms with E-state index >= 15 is 0 Å². The zero-order valence-electron chi connectivity index (χ0n) is 12.3. The van der Waals surface area contributed by atoms with Crippen LogP contribution in [-0.2, 0) is 4.74 Å². The maximum absolute atomic E-state index is 5.22. The molecular weight excluding hydrogens is 260 g/mol. The fourth-order valence-electron chi connectivity index (χ4n) is 2.29. The van der Waals surface area contributed by atoms with E-state index in [2.05, 4.69) is 39.9 Å². The molecule has 1 saturated heterocycles. The molecule has 5 nitrogen and oxygen atoms in total. The lowest BCUT2D eigenvalue weighted by molar-refractivity contribution is 0.0953. The van der Waals surface area contributed by atoms with Crippen molar-refractivity contribution < 1.29 is 4.74 Å². The summed E-state index contributed by atoms with van der Waals surface area (Å²) < 4.78 is 9.65. The minimum Gasteiger partial charge on any atom is -0.383 e. The normalized spacial score (nSPS) is 19.1. The molecule has 0 N–H and O–H groups in total. The molecule has 0 aromatic carbocycles. The summed E-state index contributed by atoms with van der Waals surface area (Å²) in [5.74, 6) is 1.38. The average molecular weight is 284 g/mol. The zero-order valence-corrected chi connectivity index (χ0v) is 13.1. The lowest BCUT2D eigenvalue weighted by atomic mass is 10.2. The number of ether oxygens (including phenoxy) is 1. The summed E-state index contributed by atoms with van der Waals surface area (Å²) in [6.07, 6.45) is 0. The van der Waals surface area contributed by atoms with Crippen molar-refractivity contribution in [1.82, 2.24) is 14.3 Å². The quantitative estimate of drug-likeness (QED) is 0.825. The molecule has 0 saturated carbocycles. The largest absolute Gasteiger partial charge is 0.383 e. The van der Waals surface area contributed by atoms with Crippen LogP contribution in [0.2, 0.25) is 0 Å². The Morgan fingerprint density at radius 1 is 1.21 bits per heavy atom. The molecule has 1 aliphatic rings. The minimum absolute atomic E-state index is 0.410. The van der Waals surface area contributed by atoms with Gasteiger partial charge in [-0.05, 0) is 6.92 Å². The summed E-state index contributed by atoms with van der Waals surface area (Å²) in [5.41, 5.74) is 0. The molecule has 6 heteroatoms. The Bertz CT molecular complexity index is 388. The van der Waals surface area contributed by atoms with Gasteiger partial charge in [0, 0.05) is 56.8 Å². The second-order valence-corrected chi connectivity index (χ2v) is 6.15. The Hall–Kier alpha value is -0.720. The van der Waals surface area contributed by atoms with Crippen molar-refractivity contribution in [2.24, 2.45) is 0 Å². The molecule has 1 atom stereocenters. The highest BCUT2D eigenvalue weighted by Crippen LogP contribution is 2.22. The van der Waals surface area contributed by atoms with E-state index in [4.69, 9.17) is 4.74 Å². The second kappa shape index (κ2) is 6.63. The van der Waals surface area contributed by atoms with Gasteiger partial charge in [-0.2, -0.15) is 4.37 Å². The molecule has 19 heavy (non-hydrogen) atoms. The molecular formula is C13H24N4OS. The van der Waals surface area contributed by atoms with Crippen molar-refractivity contribution in [1.29, 1.82) is 0 Å². The predicted octanol–water partition coefficient (Wildman–Crippen LogP) is 1.82. The van der Waals surface area contributed by atoms with Crippen LogP contribution in [0.15, 0.2) is 0 Å². The standard InChI is InChI=1S/C13H24N4OS/c1-10(2)12-14-13(19-15-12)17-7-5-16(6-8-17)11(3)9-18-4/h10-11H,5-9H2,1-4H3/t11-/m0/s1. The van der Waals surface area contributed by atoms with Crippen LogP contribution in [0.1, 0.15) is 32.5 Å². The first-order valence-corrected chi connectivity index (χ1v) is 7.70. The molecule has 2 rings (SSSR count). The lowest BCUT2D eigenvalue weighted by Gasteiger charge is -2.37. The lowest BCUT2D eigenvalue weighted by Crippen LogP contribution is -2.50. The van der Waals surface area contributed by atoms with Gasteiger partial charge in [-0.25, -0.2) is 4.98 Å². The van der Waals surface area contributed by atoms with E-state index in [1.165, 1.54) is 11.5 Å². The fraction of sp³-hybridized carbons (Fsp3) is 0.846. The summed E-state index contributed by atoms with van der Waals surface area (Å²) in [6.45, 7) is 11.5. The summed E-state index contributed by atoms with van der Waals surface area (Å²) in [4.78, 5) is 9.45. The number of anilines is 1. The van der Waals surface area contributed by atoms with Gasteiger partial charge in [0.05, 0.1) is 6.61 Å². The maximum atomic E-state index is 5.22. The highest BCUT2D eigenvalue weighted by molar-refractivity contribution is 7.09. The van der Waals surface area contributed by atoms with E-state index in [0.29, 0.717) is 12.0 Å². The van der Waals surface area contributed by atoms with Crippen LogP contribution < -0.4 is 4.90 Å². The number of hydrogen-bond donors (Lipinski definition) is 0. The molecule has 0 unspecified atom stereocenters. The van der Waals surface area contributed by atoms with E-state index < -0.39 is 0 Å². The Labute approximate surface area is 119 Å². The van der Waals surface area contributed by atoms with Crippen LogP contribution >= 0.6 is 11.5 Å². The Balaban J connectivity index is 1.88. The number of methoxy groups -OCH3 is 1.